The summed E-state index contributed by atoms with van der Waals surface area (Å²) in [6.45, 7) is 0. The summed E-state index contributed by atoms with van der Waals surface area (Å²) in [6.07, 6.45) is 5.25. The summed E-state index contributed by atoms with van der Waals surface area (Å²) in [5, 5.41) is 0. The molecule has 1 aromatic rings. The standard InChI is InChI=1S/C11H13ClS/c12-9-11-6-4-10(5-7-11)3-1-2-8-13/h1,3-7,13H,2,8-9H2. The molecule has 0 unspecified atom stereocenters. The van der Waals surface area contributed by atoms with Crippen molar-refractivity contribution in [3.63, 3.8) is 0 Å². The average molecular weight is 213 g/mol. The van der Waals surface area contributed by atoms with Crippen molar-refractivity contribution in [2.75, 3.05) is 5.75 Å². The Morgan fingerprint density at radius 3 is 2.46 bits per heavy atom. The van der Waals surface area contributed by atoms with Gasteiger partial charge < -0.3 is 0 Å². The fourth-order valence-electron chi connectivity index (χ4n) is 1.01. The lowest BCUT2D eigenvalue weighted by Crippen LogP contribution is -1.77. The normalized spacial score (nSPS) is 10.9. The third kappa shape index (κ3) is 3.88. The molecule has 0 bridgehead atoms. The summed E-state index contributed by atoms with van der Waals surface area (Å²) in [4.78, 5) is 0. The first kappa shape index (κ1) is 10.7. The van der Waals surface area contributed by atoms with Gasteiger partial charge in [0.1, 0.15) is 0 Å². The van der Waals surface area contributed by atoms with Crippen molar-refractivity contribution in [1.29, 1.82) is 0 Å². The molecule has 0 spiro atoms. The Morgan fingerprint density at radius 1 is 1.23 bits per heavy atom. The number of halogens is 1. The minimum absolute atomic E-state index is 0.584. The second-order valence-corrected chi connectivity index (χ2v) is 3.50. The van der Waals surface area contributed by atoms with Crippen LogP contribution in [0.2, 0.25) is 0 Å². The molecular weight excluding hydrogens is 200 g/mol. The topological polar surface area (TPSA) is 0 Å². The van der Waals surface area contributed by atoms with Crippen molar-refractivity contribution in [2.45, 2.75) is 12.3 Å². The fraction of sp³-hybridized carbons (Fsp3) is 0.273. The van der Waals surface area contributed by atoms with Crippen LogP contribution in [-0.2, 0) is 5.88 Å². The van der Waals surface area contributed by atoms with Crippen LogP contribution in [0.25, 0.3) is 6.08 Å². The molecule has 0 nitrogen and oxygen atoms in total. The van der Waals surface area contributed by atoms with Gasteiger partial charge in [-0.3, -0.25) is 0 Å². The smallest absolute Gasteiger partial charge is 0.0474 e. The minimum Gasteiger partial charge on any atom is -0.179 e. The van der Waals surface area contributed by atoms with E-state index >= 15 is 0 Å². The number of hydrogen-bond acceptors (Lipinski definition) is 1. The molecule has 13 heavy (non-hydrogen) atoms. The van der Waals surface area contributed by atoms with E-state index in [4.69, 9.17) is 11.6 Å². The molecule has 0 aliphatic heterocycles. The van der Waals surface area contributed by atoms with Crippen molar-refractivity contribution in [1.82, 2.24) is 0 Å². The van der Waals surface area contributed by atoms with E-state index in [2.05, 4.69) is 36.9 Å². The first-order valence-corrected chi connectivity index (χ1v) is 5.46. The molecule has 1 aromatic carbocycles. The summed E-state index contributed by atoms with van der Waals surface area (Å²) < 4.78 is 0. The van der Waals surface area contributed by atoms with E-state index in [1.54, 1.807) is 0 Å². The Labute approximate surface area is 90.0 Å². The molecule has 0 aliphatic carbocycles. The lowest BCUT2D eigenvalue weighted by atomic mass is 10.1. The quantitative estimate of drug-likeness (QED) is 0.570. The van der Waals surface area contributed by atoms with E-state index < -0.39 is 0 Å². The van der Waals surface area contributed by atoms with Crippen LogP contribution in [0.15, 0.2) is 30.3 Å². The highest BCUT2D eigenvalue weighted by Crippen LogP contribution is 2.08. The Balaban J connectivity index is 2.58. The zero-order valence-electron chi connectivity index (χ0n) is 7.41. The van der Waals surface area contributed by atoms with Crippen LogP contribution >= 0.6 is 24.2 Å². The first-order chi connectivity index (χ1) is 6.36. The van der Waals surface area contributed by atoms with E-state index in [1.165, 1.54) is 5.56 Å². The summed E-state index contributed by atoms with van der Waals surface area (Å²) >= 11 is 9.81. The maximum Gasteiger partial charge on any atom is 0.0474 e. The van der Waals surface area contributed by atoms with Crippen LogP contribution in [0.5, 0.6) is 0 Å². The van der Waals surface area contributed by atoms with Crippen LogP contribution in [0.1, 0.15) is 17.5 Å². The van der Waals surface area contributed by atoms with Gasteiger partial charge >= 0.3 is 0 Å². The van der Waals surface area contributed by atoms with Gasteiger partial charge in [0.25, 0.3) is 0 Å². The van der Waals surface area contributed by atoms with Gasteiger partial charge in [-0.05, 0) is 23.3 Å². The number of rotatable bonds is 4. The highest BCUT2D eigenvalue weighted by atomic mass is 35.5. The molecule has 70 valence electrons. The van der Waals surface area contributed by atoms with Crippen molar-refractivity contribution in [3.05, 3.63) is 41.5 Å². The van der Waals surface area contributed by atoms with Crippen LogP contribution in [0.4, 0.5) is 0 Å². The van der Waals surface area contributed by atoms with Gasteiger partial charge in [-0.2, -0.15) is 12.6 Å². The van der Waals surface area contributed by atoms with E-state index in [0.717, 1.165) is 17.7 Å². The molecule has 2 heteroatoms. The van der Waals surface area contributed by atoms with E-state index in [-0.39, 0.29) is 0 Å². The highest BCUT2D eigenvalue weighted by Gasteiger charge is 1.89. The first-order valence-electron chi connectivity index (χ1n) is 4.29. The molecule has 0 atom stereocenters. The largest absolute Gasteiger partial charge is 0.179 e. The van der Waals surface area contributed by atoms with E-state index in [9.17, 15) is 0 Å². The summed E-state index contributed by atoms with van der Waals surface area (Å²) in [5.41, 5.74) is 2.38. The van der Waals surface area contributed by atoms with Gasteiger partial charge in [0.15, 0.2) is 0 Å². The molecule has 1 rings (SSSR count). The van der Waals surface area contributed by atoms with E-state index in [1.807, 2.05) is 12.1 Å². The molecule has 0 fully saturated rings. The third-order valence-electron chi connectivity index (χ3n) is 1.74. The van der Waals surface area contributed by atoms with Gasteiger partial charge in [-0.1, -0.05) is 36.4 Å². The van der Waals surface area contributed by atoms with Crippen molar-refractivity contribution in [3.8, 4) is 0 Å². The Hall–Kier alpha value is -0.400. The molecule has 0 aromatic heterocycles. The highest BCUT2D eigenvalue weighted by molar-refractivity contribution is 7.80. The third-order valence-corrected chi connectivity index (χ3v) is 2.31. The van der Waals surface area contributed by atoms with Gasteiger partial charge in [-0.15, -0.1) is 11.6 Å². The maximum atomic E-state index is 5.68. The molecule has 0 heterocycles. The number of thiol groups is 1. The van der Waals surface area contributed by atoms with Crippen LogP contribution in [-0.4, -0.2) is 5.75 Å². The molecule has 0 saturated heterocycles. The van der Waals surface area contributed by atoms with Crippen LogP contribution in [0, 0.1) is 0 Å². The Kier molecular flexibility index (Phi) is 5.02. The fourth-order valence-corrected chi connectivity index (χ4v) is 1.34. The lowest BCUT2D eigenvalue weighted by molar-refractivity contribution is 1.26. The number of hydrogen-bond donors (Lipinski definition) is 1. The number of alkyl halides is 1. The second kappa shape index (κ2) is 6.11. The molecule has 0 amide bonds. The summed E-state index contributed by atoms with van der Waals surface area (Å²) in [6, 6.07) is 8.25. The number of benzene rings is 1. The van der Waals surface area contributed by atoms with Gasteiger partial charge in [0, 0.05) is 5.88 Å². The van der Waals surface area contributed by atoms with Crippen molar-refractivity contribution >= 4 is 30.3 Å². The summed E-state index contributed by atoms with van der Waals surface area (Å²) in [7, 11) is 0. The second-order valence-electron chi connectivity index (χ2n) is 2.79. The van der Waals surface area contributed by atoms with Gasteiger partial charge in [0.05, 0.1) is 0 Å². The SMILES string of the molecule is SCCC=Cc1ccc(CCl)cc1. The van der Waals surface area contributed by atoms with Crippen molar-refractivity contribution in [2.24, 2.45) is 0 Å². The zero-order valence-corrected chi connectivity index (χ0v) is 9.06. The molecule has 0 radical (unpaired) electrons. The zero-order chi connectivity index (χ0) is 9.52. The molecule has 0 saturated carbocycles. The van der Waals surface area contributed by atoms with E-state index in [0.29, 0.717) is 5.88 Å². The molecule has 0 N–H and O–H groups in total. The Morgan fingerprint density at radius 2 is 1.92 bits per heavy atom. The Bertz CT molecular complexity index is 264. The van der Waals surface area contributed by atoms with Crippen molar-refractivity contribution < 1.29 is 0 Å². The monoisotopic (exact) mass is 212 g/mol. The minimum atomic E-state index is 0.584. The predicted octanol–water partition coefficient (Wildman–Crippen LogP) is 3.76. The average Bonchev–Trinajstić information content (AvgIpc) is 2.19. The van der Waals surface area contributed by atoms with Crippen LogP contribution in [0.3, 0.4) is 0 Å². The van der Waals surface area contributed by atoms with Gasteiger partial charge in [0.2, 0.25) is 0 Å². The molecular formula is C11H13ClS. The maximum absolute atomic E-state index is 5.68. The lowest BCUT2D eigenvalue weighted by Gasteiger charge is -1.95. The predicted molar refractivity (Wildman–Crippen MR) is 63.5 cm³/mol. The van der Waals surface area contributed by atoms with Gasteiger partial charge in [-0.25, -0.2) is 0 Å². The van der Waals surface area contributed by atoms with Crippen LogP contribution < -0.4 is 0 Å². The summed E-state index contributed by atoms with van der Waals surface area (Å²) in [5.74, 6) is 1.48. The molecule has 0 aliphatic rings. The number of allylic oxidation sites excluding steroid dienone is 1.